The molecular formula is C29H34N2O4. The van der Waals surface area contributed by atoms with Crippen LogP contribution < -0.4 is 10.1 Å². The number of nitrogens with zero attached hydrogens (tertiary/aromatic N) is 1. The second kappa shape index (κ2) is 10.8. The third-order valence-electron chi connectivity index (χ3n) is 5.99. The molecule has 6 nitrogen and oxygen atoms in total. The minimum absolute atomic E-state index is 0.0152. The lowest BCUT2D eigenvalue weighted by Gasteiger charge is -2.24. The van der Waals surface area contributed by atoms with Gasteiger partial charge in [-0.15, -0.1) is 0 Å². The number of hydrogen-bond donors (Lipinski definition) is 1. The number of pyridine rings is 1. The first-order valence-corrected chi connectivity index (χ1v) is 12.1. The Labute approximate surface area is 207 Å². The molecule has 1 amide bonds. The van der Waals surface area contributed by atoms with Gasteiger partial charge in [-0.1, -0.05) is 24.3 Å². The second-order valence-corrected chi connectivity index (χ2v) is 9.93. The molecule has 1 aliphatic heterocycles. The van der Waals surface area contributed by atoms with Crippen LogP contribution >= 0.6 is 0 Å². The average molecular weight is 475 g/mol. The lowest BCUT2D eigenvalue weighted by atomic mass is 10.0. The molecule has 1 aromatic heterocycles. The van der Waals surface area contributed by atoms with Crippen molar-refractivity contribution in [2.24, 2.45) is 0 Å². The van der Waals surface area contributed by atoms with E-state index in [-0.39, 0.29) is 12.1 Å². The predicted octanol–water partition coefficient (Wildman–Crippen LogP) is 6.50. The molecule has 1 aliphatic rings. The van der Waals surface area contributed by atoms with E-state index in [1.54, 1.807) is 7.11 Å². The Morgan fingerprint density at radius 2 is 1.94 bits per heavy atom. The van der Waals surface area contributed by atoms with Gasteiger partial charge in [0.15, 0.2) is 0 Å². The van der Waals surface area contributed by atoms with Gasteiger partial charge in [0, 0.05) is 36.7 Å². The van der Waals surface area contributed by atoms with Crippen LogP contribution in [0.25, 0.3) is 10.8 Å². The fourth-order valence-electron chi connectivity index (χ4n) is 4.25. The van der Waals surface area contributed by atoms with Crippen LogP contribution in [-0.4, -0.2) is 29.8 Å². The summed E-state index contributed by atoms with van der Waals surface area (Å²) in [4.78, 5) is 16.7. The summed E-state index contributed by atoms with van der Waals surface area (Å²) in [5, 5.41) is 5.34. The maximum absolute atomic E-state index is 12.5. The van der Waals surface area contributed by atoms with E-state index in [0.29, 0.717) is 6.42 Å². The normalized spacial score (nSPS) is 16.3. The summed E-state index contributed by atoms with van der Waals surface area (Å²) < 4.78 is 17.1. The Morgan fingerprint density at radius 1 is 1.14 bits per heavy atom. The molecule has 0 spiro atoms. The van der Waals surface area contributed by atoms with Crippen molar-refractivity contribution >= 4 is 16.9 Å². The van der Waals surface area contributed by atoms with E-state index in [2.05, 4.69) is 34.6 Å². The van der Waals surface area contributed by atoms with Crippen molar-refractivity contribution in [2.75, 3.05) is 7.11 Å². The van der Waals surface area contributed by atoms with E-state index in [1.165, 1.54) is 0 Å². The van der Waals surface area contributed by atoms with Crippen molar-refractivity contribution in [3.05, 3.63) is 83.9 Å². The van der Waals surface area contributed by atoms with Crippen molar-refractivity contribution in [1.82, 2.24) is 10.3 Å². The van der Waals surface area contributed by atoms with Crippen LogP contribution in [0.2, 0.25) is 0 Å². The van der Waals surface area contributed by atoms with E-state index < -0.39 is 11.7 Å². The van der Waals surface area contributed by atoms with Crippen LogP contribution in [0, 0.1) is 0 Å². The number of allylic oxidation sites excluding steroid dienone is 1. The molecule has 2 atom stereocenters. The van der Waals surface area contributed by atoms with Gasteiger partial charge in [-0.05, 0) is 80.5 Å². The highest BCUT2D eigenvalue weighted by molar-refractivity contribution is 5.82. The van der Waals surface area contributed by atoms with Crippen LogP contribution in [-0.2, 0) is 15.9 Å². The number of aromatic nitrogens is 1. The first-order valence-electron chi connectivity index (χ1n) is 12.1. The van der Waals surface area contributed by atoms with Gasteiger partial charge in [-0.25, -0.2) is 4.79 Å². The molecular weight excluding hydrogens is 440 g/mol. The van der Waals surface area contributed by atoms with Gasteiger partial charge < -0.3 is 19.5 Å². The zero-order valence-electron chi connectivity index (χ0n) is 20.9. The quantitative estimate of drug-likeness (QED) is 0.403. The number of hydrogen-bond acceptors (Lipinski definition) is 5. The van der Waals surface area contributed by atoms with Crippen LogP contribution in [0.15, 0.2) is 72.8 Å². The molecule has 6 heteroatoms. The lowest BCUT2D eigenvalue weighted by molar-refractivity contribution is 0.0499. The molecule has 1 unspecified atom stereocenters. The van der Waals surface area contributed by atoms with E-state index in [9.17, 15) is 4.79 Å². The summed E-state index contributed by atoms with van der Waals surface area (Å²) in [7, 11) is 1.65. The minimum Gasteiger partial charge on any atom is -0.497 e. The third-order valence-corrected chi connectivity index (χ3v) is 5.99. The molecule has 1 N–H and O–H groups in total. The van der Waals surface area contributed by atoms with Gasteiger partial charge in [0.05, 0.1) is 12.9 Å². The first-order chi connectivity index (χ1) is 16.8. The molecule has 0 saturated carbocycles. The van der Waals surface area contributed by atoms with E-state index in [1.807, 2.05) is 63.5 Å². The van der Waals surface area contributed by atoms with Crippen LogP contribution in [0.5, 0.6) is 5.75 Å². The molecule has 2 heterocycles. The molecule has 0 radical (unpaired) electrons. The summed E-state index contributed by atoms with van der Waals surface area (Å²) >= 11 is 0. The smallest absolute Gasteiger partial charge is 0.407 e. The summed E-state index contributed by atoms with van der Waals surface area (Å²) in [5.41, 5.74) is 1.74. The number of fused-ring (bicyclic) bond motifs is 1. The van der Waals surface area contributed by atoms with Gasteiger partial charge in [0.1, 0.15) is 17.5 Å². The number of carbonyl (C=O) groups is 1. The van der Waals surface area contributed by atoms with Gasteiger partial charge in [-0.2, -0.15) is 0 Å². The van der Waals surface area contributed by atoms with Crippen molar-refractivity contribution in [2.45, 2.75) is 64.2 Å². The maximum atomic E-state index is 12.5. The van der Waals surface area contributed by atoms with Gasteiger partial charge in [0.25, 0.3) is 0 Å². The molecule has 2 aromatic carbocycles. The number of alkyl carbamates (subject to hydrolysis) is 1. The van der Waals surface area contributed by atoms with Crippen LogP contribution in [0.4, 0.5) is 4.79 Å². The zero-order chi connectivity index (χ0) is 24.8. The van der Waals surface area contributed by atoms with Crippen molar-refractivity contribution in [1.29, 1.82) is 0 Å². The van der Waals surface area contributed by atoms with E-state index in [0.717, 1.165) is 52.7 Å². The fourth-order valence-corrected chi connectivity index (χ4v) is 4.25. The van der Waals surface area contributed by atoms with Crippen LogP contribution in [0.3, 0.4) is 0 Å². The topological polar surface area (TPSA) is 69.7 Å². The Morgan fingerprint density at radius 3 is 2.69 bits per heavy atom. The highest BCUT2D eigenvalue weighted by Gasteiger charge is 2.23. The molecule has 0 bridgehead atoms. The monoisotopic (exact) mass is 474 g/mol. The molecule has 184 valence electrons. The fraction of sp³-hybridized carbons (Fsp3) is 0.379. The van der Waals surface area contributed by atoms with Gasteiger partial charge >= 0.3 is 6.09 Å². The van der Waals surface area contributed by atoms with E-state index in [4.69, 9.17) is 14.2 Å². The highest BCUT2D eigenvalue weighted by Crippen LogP contribution is 2.34. The van der Waals surface area contributed by atoms with Crippen molar-refractivity contribution in [3.63, 3.8) is 0 Å². The summed E-state index contributed by atoms with van der Waals surface area (Å²) in [5.74, 6) is 1.78. The average Bonchev–Trinajstić information content (AvgIpc) is 3.30. The zero-order valence-corrected chi connectivity index (χ0v) is 20.9. The SMILES string of the molecule is COc1ccc(C[C@@H](CCC2=CCC(c3ccc4cnccc4c3)O2)NC(=O)OC(C)(C)C)cc1. The molecule has 35 heavy (non-hydrogen) atoms. The van der Waals surface area contributed by atoms with Crippen LogP contribution in [0.1, 0.15) is 57.3 Å². The standard InChI is InChI=1S/C29H34N2O4/c1-29(2,3)35-28(32)31-24(17-20-5-10-25(33-4)11-6-20)9-12-26-13-14-27(34-26)22-7-8-23-19-30-16-15-21(23)18-22/h5-8,10-11,13,15-16,18-19,24,27H,9,12,14,17H2,1-4H3,(H,31,32)/t24-,27?/m1/s1. The number of benzene rings is 2. The molecule has 0 saturated heterocycles. The molecule has 0 aliphatic carbocycles. The highest BCUT2D eigenvalue weighted by atomic mass is 16.6. The molecule has 3 aromatic rings. The summed E-state index contributed by atoms with van der Waals surface area (Å²) in [6.07, 6.45) is 8.48. The molecule has 4 rings (SSSR count). The first kappa shape index (κ1) is 24.6. The number of ether oxygens (including phenoxy) is 3. The minimum atomic E-state index is -0.547. The number of carbonyl (C=O) groups excluding carboxylic acids is 1. The number of methoxy groups -OCH3 is 1. The Hall–Kier alpha value is -3.54. The second-order valence-electron chi connectivity index (χ2n) is 9.93. The number of amides is 1. The summed E-state index contributed by atoms with van der Waals surface area (Å²) in [6, 6.07) is 16.2. The summed E-state index contributed by atoms with van der Waals surface area (Å²) in [6.45, 7) is 5.60. The lowest BCUT2D eigenvalue weighted by Crippen LogP contribution is -2.40. The Kier molecular flexibility index (Phi) is 7.59. The predicted molar refractivity (Wildman–Crippen MR) is 137 cm³/mol. The Balaban J connectivity index is 1.38. The van der Waals surface area contributed by atoms with Crippen molar-refractivity contribution in [3.8, 4) is 5.75 Å². The number of nitrogens with one attached hydrogen (secondary N) is 1. The maximum Gasteiger partial charge on any atom is 0.407 e. The van der Waals surface area contributed by atoms with Gasteiger partial charge in [0.2, 0.25) is 0 Å². The Bertz CT molecular complexity index is 1180. The number of rotatable bonds is 8. The van der Waals surface area contributed by atoms with Gasteiger partial charge in [-0.3, -0.25) is 4.98 Å². The molecule has 0 fully saturated rings. The largest absolute Gasteiger partial charge is 0.497 e. The third kappa shape index (κ3) is 6.98. The van der Waals surface area contributed by atoms with Crippen molar-refractivity contribution < 1.29 is 19.0 Å². The van der Waals surface area contributed by atoms with E-state index >= 15 is 0 Å².